The van der Waals surface area contributed by atoms with Gasteiger partial charge in [0.15, 0.2) is 0 Å². The summed E-state index contributed by atoms with van der Waals surface area (Å²) >= 11 is 0. The predicted molar refractivity (Wildman–Crippen MR) is 96.3 cm³/mol. The van der Waals surface area contributed by atoms with E-state index in [1.165, 1.54) is 17.0 Å². The van der Waals surface area contributed by atoms with E-state index in [0.29, 0.717) is 0 Å². The molecule has 0 saturated heterocycles. The summed E-state index contributed by atoms with van der Waals surface area (Å²) in [6.07, 6.45) is 6.99. The maximum absolute atomic E-state index is 4.84. The van der Waals surface area contributed by atoms with Crippen LogP contribution in [0.4, 0.5) is 0 Å². The molecule has 0 amide bonds. The molecule has 0 spiro atoms. The average Bonchev–Trinajstić information content (AvgIpc) is 3.32. The number of H-pyrrole nitrogens is 1. The third kappa shape index (κ3) is 2.85. The van der Waals surface area contributed by atoms with Crippen LogP contribution < -0.4 is 5.32 Å². The number of hydrogen-bond acceptors (Lipinski definition) is 5. The van der Waals surface area contributed by atoms with E-state index in [1.54, 1.807) is 0 Å². The second-order valence-electron chi connectivity index (χ2n) is 7.32. The van der Waals surface area contributed by atoms with E-state index in [9.17, 15) is 0 Å². The summed E-state index contributed by atoms with van der Waals surface area (Å²) in [5.74, 6) is 0.251. The number of nitrogens with zero attached hydrogens (tertiary/aromatic N) is 6. The van der Waals surface area contributed by atoms with Crippen LogP contribution in [0.5, 0.6) is 0 Å². The summed E-state index contributed by atoms with van der Waals surface area (Å²) in [5, 5.41) is 12.7. The van der Waals surface area contributed by atoms with E-state index in [4.69, 9.17) is 5.10 Å². The van der Waals surface area contributed by atoms with Gasteiger partial charge in [-0.25, -0.2) is 4.98 Å². The Labute approximate surface area is 152 Å². The van der Waals surface area contributed by atoms with Crippen LogP contribution >= 0.6 is 0 Å². The predicted octanol–water partition coefficient (Wildman–Crippen LogP) is 0.981. The van der Waals surface area contributed by atoms with E-state index in [-0.39, 0.29) is 5.92 Å². The fraction of sp³-hybridized carbons (Fsp3) is 0.500. The highest BCUT2D eigenvalue weighted by Gasteiger charge is 2.30. The fourth-order valence-electron chi connectivity index (χ4n) is 4.12. The Morgan fingerprint density at radius 3 is 3.19 bits per heavy atom. The summed E-state index contributed by atoms with van der Waals surface area (Å²) in [6.45, 7) is 5.66. The topological polar surface area (TPSA) is 79.6 Å². The molecule has 26 heavy (non-hydrogen) atoms. The van der Waals surface area contributed by atoms with Gasteiger partial charge in [0, 0.05) is 57.4 Å². The molecule has 5 rings (SSSR count). The van der Waals surface area contributed by atoms with Gasteiger partial charge < -0.3 is 10.3 Å². The van der Waals surface area contributed by atoms with Gasteiger partial charge in [0.1, 0.15) is 0 Å². The van der Waals surface area contributed by atoms with Crippen LogP contribution in [0.25, 0.3) is 0 Å². The van der Waals surface area contributed by atoms with Crippen molar-refractivity contribution in [2.75, 3.05) is 13.1 Å². The Morgan fingerprint density at radius 1 is 1.35 bits per heavy atom. The van der Waals surface area contributed by atoms with E-state index in [2.05, 4.69) is 42.2 Å². The van der Waals surface area contributed by atoms with Crippen molar-refractivity contribution in [2.45, 2.75) is 38.5 Å². The van der Waals surface area contributed by atoms with E-state index in [0.717, 1.165) is 57.1 Å². The number of nitrogens with one attached hydrogen (secondary N) is 2. The van der Waals surface area contributed by atoms with Crippen molar-refractivity contribution >= 4 is 0 Å². The highest BCUT2D eigenvalue weighted by molar-refractivity contribution is 5.31. The second kappa shape index (κ2) is 6.37. The number of hydrogen-bond donors (Lipinski definition) is 2. The Bertz CT molecular complexity index is 881. The van der Waals surface area contributed by atoms with Crippen molar-refractivity contribution in [3.05, 3.63) is 53.1 Å². The van der Waals surface area contributed by atoms with Gasteiger partial charge in [-0.3, -0.25) is 14.3 Å². The summed E-state index contributed by atoms with van der Waals surface area (Å²) in [5.41, 5.74) is 6.01. The molecule has 0 radical (unpaired) electrons. The Kier molecular flexibility index (Phi) is 3.86. The monoisotopic (exact) mass is 352 g/mol. The first-order chi connectivity index (χ1) is 12.8. The zero-order valence-corrected chi connectivity index (χ0v) is 15.0. The molecular formula is C18H24N8. The first-order valence-corrected chi connectivity index (χ1v) is 9.25. The largest absolute Gasteiger partial charge is 0.347 e. The van der Waals surface area contributed by atoms with Crippen molar-refractivity contribution in [3.8, 4) is 0 Å². The number of fused-ring (bicyclic) bond motifs is 2. The zero-order valence-electron chi connectivity index (χ0n) is 15.0. The smallest absolute Gasteiger partial charge is 0.0925 e. The second-order valence-corrected chi connectivity index (χ2v) is 7.32. The van der Waals surface area contributed by atoms with Gasteiger partial charge in [0.2, 0.25) is 0 Å². The van der Waals surface area contributed by atoms with E-state index < -0.39 is 0 Å². The minimum Gasteiger partial charge on any atom is -0.347 e. The van der Waals surface area contributed by atoms with Crippen molar-refractivity contribution in [3.63, 3.8) is 0 Å². The van der Waals surface area contributed by atoms with Crippen molar-refractivity contribution < 1.29 is 0 Å². The number of imidazole rings is 1. The Morgan fingerprint density at radius 2 is 2.31 bits per heavy atom. The quantitative estimate of drug-likeness (QED) is 0.735. The first-order valence-electron chi connectivity index (χ1n) is 9.25. The van der Waals surface area contributed by atoms with Crippen LogP contribution in [-0.2, 0) is 33.2 Å². The van der Waals surface area contributed by atoms with Crippen molar-refractivity contribution in [2.24, 2.45) is 7.05 Å². The summed E-state index contributed by atoms with van der Waals surface area (Å²) in [7, 11) is 1.96. The SMILES string of the molecule is Cn1cc(C2CN(Cc3cc4n(n3)CCCNC4)Cc3[nH]cnc32)cn1. The van der Waals surface area contributed by atoms with Crippen molar-refractivity contribution in [1.82, 2.24) is 39.7 Å². The molecule has 5 heterocycles. The van der Waals surface area contributed by atoms with E-state index >= 15 is 0 Å². The maximum atomic E-state index is 4.84. The first kappa shape index (κ1) is 15.8. The third-order valence-electron chi connectivity index (χ3n) is 5.36. The van der Waals surface area contributed by atoms with Crippen molar-refractivity contribution in [1.29, 1.82) is 0 Å². The lowest BCUT2D eigenvalue weighted by molar-refractivity contribution is 0.224. The van der Waals surface area contributed by atoms with E-state index in [1.807, 2.05) is 24.3 Å². The molecule has 136 valence electrons. The van der Waals surface area contributed by atoms with Crippen LogP contribution in [0.2, 0.25) is 0 Å². The lowest BCUT2D eigenvalue weighted by Gasteiger charge is -2.31. The molecule has 3 aromatic rings. The molecule has 2 aliphatic heterocycles. The van der Waals surface area contributed by atoms with Crippen LogP contribution in [-0.4, -0.2) is 47.5 Å². The van der Waals surface area contributed by atoms with Gasteiger partial charge in [-0.05, 0) is 19.0 Å². The standard InChI is InChI=1S/C18H24N8/c1-24-8-13(6-22-24)16-10-25(11-17-18(16)21-12-20-17)9-14-5-15-7-19-3-2-4-26(15)23-14/h5-6,8,12,16,19H,2-4,7,9-11H2,1H3,(H,20,21). The zero-order chi connectivity index (χ0) is 17.5. The molecule has 1 unspecified atom stereocenters. The average molecular weight is 352 g/mol. The van der Waals surface area contributed by atoms with Crippen LogP contribution in [0.3, 0.4) is 0 Å². The molecule has 2 N–H and O–H groups in total. The molecule has 0 bridgehead atoms. The summed E-state index contributed by atoms with van der Waals surface area (Å²) < 4.78 is 4.03. The lowest BCUT2D eigenvalue weighted by atomic mass is 9.93. The lowest BCUT2D eigenvalue weighted by Crippen LogP contribution is -2.34. The number of aryl methyl sites for hydroxylation is 2. The number of aromatic nitrogens is 6. The normalized spacial score (nSPS) is 20.6. The molecule has 0 aromatic carbocycles. The van der Waals surface area contributed by atoms with Gasteiger partial charge in [-0.2, -0.15) is 10.2 Å². The molecule has 3 aromatic heterocycles. The summed E-state index contributed by atoms with van der Waals surface area (Å²) in [4.78, 5) is 10.4. The van der Waals surface area contributed by atoms with Crippen LogP contribution in [0.15, 0.2) is 24.8 Å². The van der Waals surface area contributed by atoms with Gasteiger partial charge in [0.05, 0.1) is 35.3 Å². The molecule has 8 nitrogen and oxygen atoms in total. The van der Waals surface area contributed by atoms with Crippen LogP contribution in [0.1, 0.15) is 40.7 Å². The number of aromatic amines is 1. The molecule has 0 saturated carbocycles. The highest BCUT2D eigenvalue weighted by Crippen LogP contribution is 2.31. The third-order valence-corrected chi connectivity index (χ3v) is 5.36. The minimum absolute atomic E-state index is 0.251. The minimum atomic E-state index is 0.251. The number of rotatable bonds is 3. The van der Waals surface area contributed by atoms with Gasteiger partial charge in [-0.15, -0.1) is 0 Å². The molecular weight excluding hydrogens is 328 g/mol. The molecule has 0 aliphatic carbocycles. The Hall–Kier alpha value is -2.45. The fourth-order valence-corrected chi connectivity index (χ4v) is 4.12. The Balaban J connectivity index is 1.39. The molecule has 0 fully saturated rings. The van der Waals surface area contributed by atoms with Crippen LogP contribution in [0, 0.1) is 0 Å². The molecule has 2 aliphatic rings. The molecule has 1 atom stereocenters. The molecule has 8 heteroatoms. The summed E-state index contributed by atoms with van der Waals surface area (Å²) in [6, 6.07) is 2.25. The maximum Gasteiger partial charge on any atom is 0.0925 e. The van der Waals surface area contributed by atoms with Gasteiger partial charge in [-0.1, -0.05) is 0 Å². The van der Waals surface area contributed by atoms with Gasteiger partial charge >= 0.3 is 0 Å². The van der Waals surface area contributed by atoms with Gasteiger partial charge in [0.25, 0.3) is 0 Å². The highest BCUT2D eigenvalue weighted by atomic mass is 15.3.